The molecule has 1 aromatic carbocycles. The van der Waals surface area contributed by atoms with Crippen molar-refractivity contribution >= 4 is 17.2 Å². The molecule has 1 amide bonds. The second-order valence-corrected chi connectivity index (χ2v) is 5.52. The Kier molecular flexibility index (Phi) is 3.12. The van der Waals surface area contributed by atoms with E-state index in [-0.39, 0.29) is 0 Å². The number of carbonyl (C=O) groups excluding carboxylic acids is 1. The quantitative estimate of drug-likeness (QED) is 0.800. The zero-order chi connectivity index (χ0) is 14.1. The van der Waals surface area contributed by atoms with Gasteiger partial charge in [-0.25, -0.2) is 0 Å². The van der Waals surface area contributed by atoms with E-state index < -0.39 is 5.91 Å². The number of nitrogens with zero attached hydrogens (tertiary/aromatic N) is 1. The van der Waals surface area contributed by atoms with E-state index in [4.69, 9.17) is 10.3 Å². The van der Waals surface area contributed by atoms with Crippen LogP contribution in [0.4, 0.5) is 0 Å². The molecule has 2 N–H and O–H groups in total. The van der Waals surface area contributed by atoms with Gasteiger partial charge in [-0.1, -0.05) is 17.3 Å². The lowest BCUT2D eigenvalue weighted by atomic mass is 10.0. The number of primary amides is 1. The Hall–Kier alpha value is -2.40. The van der Waals surface area contributed by atoms with Crippen LogP contribution in [0.1, 0.15) is 15.2 Å². The molecule has 5 heteroatoms. The van der Waals surface area contributed by atoms with Crippen LogP contribution >= 0.6 is 11.3 Å². The lowest BCUT2D eigenvalue weighted by molar-refractivity contribution is 0.100. The maximum Gasteiger partial charge on any atom is 0.258 e. The number of hydrogen-bond donors (Lipinski definition) is 1. The van der Waals surface area contributed by atoms with Gasteiger partial charge >= 0.3 is 0 Å². The highest BCUT2D eigenvalue weighted by atomic mass is 32.1. The van der Waals surface area contributed by atoms with Gasteiger partial charge in [0.05, 0.1) is 11.1 Å². The first kappa shape index (κ1) is 12.6. The molecule has 20 heavy (non-hydrogen) atoms. The number of rotatable bonds is 3. The van der Waals surface area contributed by atoms with Gasteiger partial charge in [-0.05, 0) is 36.2 Å². The van der Waals surface area contributed by atoms with Crippen LogP contribution < -0.4 is 5.73 Å². The number of aromatic nitrogens is 1. The number of hydrogen-bond acceptors (Lipinski definition) is 4. The number of benzene rings is 1. The van der Waals surface area contributed by atoms with Gasteiger partial charge < -0.3 is 10.3 Å². The van der Waals surface area contributed by atoms with Crippen molar-refractivity contribution in [2.75, 3.05) is 0 Å². The second-order valence-electron chi connectivity index (χ2n) is 4.43. The zero-order valence-corrected chi connectivity index (χ0v) is 11.6. The van der Waals surface area contributed by atoms with Gasteiger partial charge in [-0.3, -0.25) is 4.79 Å². The molecule has 0 saturated carbocycles. The van der Waals surface area contributed by atoms with Crippen LogP contribution in [0.3, 0.4) is 0 Å². The fourth-order valence-electron chi connectivity index (χ4n) is 2.02. The van der Waals surface area contributed by atoms with E-state index in [1.807, 2.05) is 37.3 Å². The van der Waals surface area contributed by atoms with E-state index in [1.54, 1.807) is 12.3 Å². The molecular formula is C15H12N2O2S. The highest BCUT2D eigenvalue weighted by Gasteiger charge is 2.11. The molecule has 2 heterocycles. The number of thiophene rings is 1. The molecule has 0 fully saturated rings. The Morgan fingerprint density at radius 1 is 1.25 bits per heavy atom. The van der Waals surface area contributed by atoms with E-state index in [1.165, 1.54) is 11.3 Å². The van der Waals surface area contributed by atoms with E-state index in [0.717, 1.165) is 27.3 Å². The average molecular weight is 284 g/mol. The predicted octanol–water partition coefficient (Wildman–Crippen LogP) is 3.48. The zero-order valence-electron chi connectivity index (χ0n) is 10.8. The lowest BCUT2D eigenvalue weighted by Gasteiger charge is -2.05. The number of carbonyl (C=O) groups is 1. The Morgan fingerprint density at radius 3 is 2.75 bits per heavy atom. The van der Waals surface area contributed by atoms with Crippen molar-refractivity contribution in [2.24, 2.45) is 5.73 Å². The summed E-state index contributed by atoms with van der Waals surface area (Å²) in [6.07, 6.45) is 1.62. The molecule has 0 aliphatic rings. The fourth-order valence-corrected chi connectivity index (χ4v) is 2.96. The van der Waals surface area contributed by atoms with Crippen molar-refractivity contribution in [2.45, 2.75) is 6.92 Å². The molecule has 2 aromatic heterocycles. The summed E-state index contributed by atoms with van der Waals surface area (Å²) in [5, 5.41) is 3.72. The Morgan fingerprint density at radius 2 is 2.10 bits per heavy atom. The lowest BCUT2D eigenvalue weighted by Crippen LogP contribution is -2.07. The highest BCUT2D eigenvalue weighted by molar-refractivity contribution is 7.17. The number of nitrogens with two attached hydrogens (primary N) is 1. The predicted molar refractivity (Wildman–Crippen MR) is 78.5 cm³/mol. The van der Waals surface area contributed by atoms with Crippen molar-refractivity contribution in [3.05, 3.63) is 53.0 Å². The first-order valence-corrected chi connectivity index (χ1v) is 6.88. The van der Waals surface area contributed by atoms with Gasteiger partial charge in [0.1, 0.15) is 0 Å². The topological polar surface area (TPSA) is 69.1 Å². The molecule has 0 unspecified atom stereocenters. The smallest absolute Gasteiger partial charge is 0.258 e. The van der Waals surface area contributed by atoms with Gasteiger partial charge in [-0.15, -0.1) is 11.3 Å². The molecule has 3 rings (SSSR count). The fraction of sp³-hybridized carbons (Fsp3) is 0.0667. The second kappa shape index (κ2) is 4.94. The highest BCUT2D eigenvalue weighted by Crippen LogP contribution is 2.33. The van der Waals surface area contributed by atoms with Crippen LogP contribution in [-0.4, -0.2) is 11.1 Å². The van der Waals surface area contributed by atoms with Crippen LogP contribution in [0.25, 0.3) is 21.8 Å². The van der Waals surface area contributed by atoms with E-state index in [0.29, 0.717) is 4.88 Å². The summed E-state index contributed by atoms with van der Waals surface area (Å²) < 4.78 is 5.17. The summed E-state index contributed by atoms with van der Waals surface area (Å²) in [6, 6.07) is 11.5. The first-order valence-electron chi connectivity index (χ1n) is 6.07. The molecule has 0 saturated heterocycles. The standard InChI is InChI=1S/C15H12N2O2S/c1-9-2-3-10(12-6-7-17-19-12)8-11(9)13-4-5-14(20-13)15(16)18/h2-8H,1H3,(H2,16,18). The van der Waals surface area contributed by atoms with Gasteiger partial charge in [0, 0.05) is 16.5 Å². The Balaban J connectivity index is 2.08. The minimum atomic E-state index is -0.398. The van der Waals surface area contributed by atoms with E-state index in [9.17, 15) is 4.79 Å². The Bertz CT molecular complexity index is 760. The Labute approximate surface area is 119 Å². The molecule has 0 aliphatic carbocycles. The minimum absolute atomic E-state index is 0.398. The molecular weight excluding hydrogens is 272 g/mol. The third-order valence-electron chi connectivity index (χ3n) is 3.07. The van der Waals surface area contributed by atoms with Crippen LogP contribution in [0.5, 0.6) is 0 Å². The van der Waals surface area contributed by atoms with E-state index in [2.05, 4.69) is 5.16 Å². The number of amides is 1. The molecule has 3 aromatic rings. The van der Waals surface area contributed by atoms with Crippen LogP contribution in [0.2, 0.25) is 0 Å². The van der Waals surface area contributed by atoms with Crippen LogP contribution in [-0.2, 0) is 0 Å². The maximum absolute atomic E-state index is 11.2. The molecule has 0 atom stereocenters. The molecule has 0 spiro atoms. The van der Waals surface area contributed by atoms with Crippen molar-refractivity contribution in [3.8, 4) is 21.8 Å². The summed E-state index contributed by atoms with van der Waals surface area (Å²) in [4.78, 5) is 12.8. The third kappa shape index (κ3) is 2.23. The third-order valence-corrected chi connectivity index (χ3v) is 4.21. The SMILES string of the molecule is Cc1ccc(-c2ccno2)cc1-c1ccc(C(N)=O)s1. The van der Waals surface area contributed by atoms with Crippen molar-refractivity contribution in [1.29, 1.82) is 0 Å². The van der Waals surface area contributed by atoms with Gasteiger partial charge in [0.15, 0.2) is 5.76 Å². The first-order chi connectivity index (χ1) is 9.65. The van der Waals surface area contributed by atoms with Crippen LogP contribution in [0.15, 0.2) is 47.1 Å². The molecule has 0 aliphatic heterocycles. The monoisotopic (exact) mass is 284 g/mol. The van der Waals surface area contributed by atoms with Crippen molar-refractivity contribution in [1.82, 2.24) is 5.16 Å². The summed E-state index contributed by atoms with van der Waals surface area (Å²) in [5.41, 5.74) is 8.45. The largest absolute Gasteiger partial charge is 0.365 e. The maximum atomic E-state index is 11.2. The van der Waals surface area contributed by atoms with Crippen molar-refractivity contribution < 1.29 is 9.32 Å². The summed E-state index contributed by atoms with van der Waals surface area (Å²) in [7, 11) is 0. The molecule has 0 radical (unpaired) electrons. The summed E-state index contributed by atoms with van der Waals surface area (Å²) >= 11 is 1.39. The van der Waals surface area contributed by atoms with Gasteiger partial charge in [0.25, 0.3) is 5.91 Å². The minimum Gasteiger partial charge on any atom is -0.365 e. The summed E-state index contributed by atoms with van der Waals surface area (Å²) in [5.74, 6) is 0.322. The normalized spacial score (nSPS) is 10.7. The molecule has 0 bridgehead atoms. The average Bonchev–Trinajstić information content (AvgIpc) is 3.10. The van der Waals surface area contributed by atoms with Crippen molar-refractivity contribution in [3.63, 3.8) is 0 Å². The molecule has 100 valence electrons. The van der Waals surface area contributed by atoms with Gasteiger partial charge in [-0.2, -0.15) is 0 Å². The van der Waals surface area contributed by atoms with Gasteiger partial charge in [0.2, 0.25) is 0 Å². The summed E-state index contributed by atoms with van der Waals surface area (Å²) in [6.45, 7) is 2.03. The number of aryl methyl sites for hydroxylation is 1. The van der Waals surface area contributed by atoms with E-state index >= 15 is 0 Å². The molecule has 4 nitrogen and oxygen atoms in total. The van der Waals surface area contributed by atoms with Crippen LogP contribution in [0, 0.1) is 6.92 Å².